The van der Waals surface area contributed by atoms with Crippen molar-refractivity contribution >= 4 is 49.4 Å². The average Bonchev–Trinajstić information content (AvgIpc) is 3.21. The Balaban J connectivity index is 1.88. The van der Waals surface area contributed by atoms with Crippen LogP contribution in [0.5, 0.6) is 0 Å². The summed E-state index contributed by atoms with van der Waals surface area (Å²) < 4.78 is 18.1. The van der Waals surface area contributed by atoms with Gasteiger partial charge in [-0.3, -0.25) is 0 Å². The third-order valence-corrected chi connectivity index (χ3v) is 6.21. The zero-order valence-electron chi connectivity index (χ0n) is 11.6. The third-order valence-electron chi connectivity index (χ3n) is 3.18. The van der Waals surface area contributed by atoms with Crippen molar-refractivity contribution in [3.05, 3.63) is 32.8 Å². The number of thiophene rings is 2. The predicted octanol–water partition coefficient (Wildman–Crippen LogP) is 3.85. The van der Waals surface area contributed by atoms with Gasteiger partial charge in [0, 0.05) is 22.2 Å². The van der Waals surface area contributed by atoms with E-state index in [0.717, 1.165) is 32.2 Å². The number of fused-ring (bicyclic) bond motifs is 1. The van der Waals surface area contributed by atoms with Crippen molar-refractivity contribution in [2.24, 2.45) is 5.73 Å². The smallest absolute Gasteiger partial charge is 0.127 e. The van der Waals surface area contributed by atoms with Crippen LogP contribution in [0, 0.1) is 12.3 Å². The van der Waals surface area contributed by atoms with E-state index in [1.54, 1.807) is 22.7 Å². The van der Waals surface area contributed by atoms with E-state index in [0.29, 0.717) is 6.42 Å². The maximum Gasteiger partial charge on any atom is 0.127 e. The van der Waals surface area contributed by atoms with Gasteiger partial charge in [0.25, 0.3) is 0 Å². The van der Waals surface area contributed by atoms with Crippen molar-refractivity contribution in [3.63, 3.8) is 0 Å². The van der Waals surface area contributed by atoms with E-state index in [4.69, 9.17) is 12.2 Å². The first kappa shape index (κ1) is 15.4. The largest absolute Gasteiger partial charge is 0.370 e. The Morgan fingerprint density at radius 3 is 3.05 bits per heavy atom. The summed E-state index contributed by atoms with van der Waals surface area (Å²) in [5, 5.41) is 6.46. The van der Waals surface area contributed by atoms with Gasteiger partial charge in [0.15, 0.2) is 0 Å². The van der Waals surface area contributed by atoms with E-state index < -0.39 is 12.7 Å². The highest BCUT2D eigenvalue weighted by Crippen LogP contribution is 2.39. The second-order valence-electron chi connectivity index (χ2n) is 4.79. The molecule has 114 valence electrons. The van der Waals surface area contributed by atoms with Gasteiger partial charge in [-0.25, -0.2) is 4.39 Å². The summed E-state index contributed by atoms with van der Waals surface area (Å²) in [6.45, 7) is 0.212. The molecule has 0 aliphatic carbocycles. The first-order valence-electron chi connectivity index (χ1n) is 6.68. The van der Waals surface area contributed by atoms with Crippen LogP contribution < -0.4 is 11.1 Å². The Hall–Kier alpha value is -1.46. The maximum atomic E-state index is 12.6. The first-order chi connectivity index (χ1) is 10.7. The van der Waals surface area contributed by atoms with E-state index in [9.17, 15) is 4.39 Å². The second-order valence-corrected chi connectivity index (χ2v) is 7.70. The lowest BCUT2D eigenvalue weighted by Gasteiger charge is -2.04. The molecule has 0 aliphatic heterocycles. The number of nitrogens with one attached hydrogen (secondary N) is 1. The molecule has 3 aromatic rings. The number of alkyl halides is 1. The molecule has 0 aromatic carbocycles. The molecular formula is C15H14FN3S3. The Morgan fingerprint density at radius 1 is 1.50 bits per heavy atom. The van der Waals surface area contributed by atoms with Gasteiger partial charge in [-0.15, -0.1) is 29.1 Å². The van der Waals surface area contributed by atoms with Crippen LogP contribution in [-0.4, -0.2) is 17.1 Å². The molecule has 3 nitrogen and oxygen atoms in total. The van der Waals surface area contributed by atoms with Crippen LogP contribution in [0.15, 0.2) is 17.5 Å². The minimum atomic E-state index is -0.550. The number of hydrogen-bond donors (Lipinski definition) is 2. The molecule has 7 heteroatoms. The van der Waals surface area contributed by atoms with E-state index in [1.165, 1.54) is 16.4 Å². The predicted molar refractivity (Wildman–Crippen MR) is 94.7 cm³/mol. The molecule has 22 heavy (non-hydrogen) atoms. The quantitative estimate of drug-likeness (QED) is 0.663. The first-order valence-corrected chi connectivity index (χ1v) is 9.15. The van der Waals surface area contributed by atoms with Crippen LogP contribution in [0.4, 0.5) is 9.39 Å². The minimum Gasteiger partial charge on any atom is -0.370 e. The molecule has 1 atom stereocenters. The highest BCUT2D eigenvalue weighted by atomic mass is 32.1. The molecule has 0 fully saturated rings. The summed E-state index contributed by atoms with van der Waals surface area (Å²) in [5.74, 6) is 2.68. The summed E-state index contributed by atoms with van der Waals surface area (Å²) in [6.07, 6.45) is 6.06. The van der Waals surface area contributed by atoms with Gasteiger partial charge in [-0.1, -0.05) is 12.0 Å². The summed E-state index contributed by atoms with van der Waals surface area (Å²) in [6, 6.07) is 3.60. The average molecular weight is 351 g/mol. The van der Waals surface area contributed by atoms with Gasteiger partial charge in [0.2, 0.25) is 0 Å². The van der Waals surface area contributed by atoms with Gasteiger partial charge in [0.05, 0.1) is 16.8 Å². The van der Waals surface area contributed by atoms with Crippen LogP contribution in [-0.2, 0) is 13.0 Å². The zero-order chi connectivity index (χ0) is 15.5. The number of halogens is 1. The number of anilines is 1. The van der Waals surface area contributed by atoms with Crippen molar-refractivity contribution in [3.8, 4) is 12.3 Å². The summed E-state index contributed by atoms with van der Waals surface area (Å²) in [5.41, 5.74) is 7.29. The molecule has 3 N–H and O–H groups in total. The van der Waals surface area contributed by atoms with Gasteiger partial charge in [-0.05, 0) is 23.0 Å². The van der Waals surface area contributed by atoms with Crippen molar-refractivity contribution in [1.82, 2.24) is 4.37 Å². The lowest BCUT2D eigenvalue weighted by molar-refractivity contribution is 0.428. The van der Waals surface area contributed by atoms with Gasteiger partial charge in [-0.2, -0.15) is 4.37 Å². The molecule has 0 bridgehead atoms. The number of nitrogens with zero attached hydrogens (tertiary/aromatic N) is 1. The van der Waals surface area contributed by atoms with Gasteiger partial charge < -0.3 is 11.1 Å². The van der Waals surface area contributed by atoms with E-state index >= 15 is 0 Å². The molecular weight excluding hydrogens is 337 g/mol. The monoisotopic (exact) mass is 351 g/mol. The van der Waals surface area contributed by atoms with Gasteiger partial charge >= 0.3 is 0 Å². The fourth-order valence-electron chi connectivity index (χ4n) is 2.12. The standard InChI is InChI=1S/C15H14FN3S3/c1-2-11-12(6-9(17)7-16)21-14-13(11)19-22-15(14)18-8-10-4-3-5-20-10/h1,3-5,9,18H,6-8,17H2/t9-/m1/s1. The highest BCUT2D eigenvalue weighted by molar-refractivity contribution is 7.24. The Kier molecular flexibility index (Phi) is 4.74. The van der Waals surface area contributed by atoms with Crippen molar-refractivity contribution in [2.45, 2.75) is 19.0 Å². The van der Waals surface area contributed by atoms with E-state index in [-0.39, 0.29) is 0 Å². The SMILES string of the molecule is C#Cc1c(C[C@@H](N)CF)sc2c(NCc3cccs3)snc12. The number of hydrogen-bond acceptors (Lipinski definition) is 6. The summed E-state index contributed by atoms with van der Waals surface area (Å²) in [7, 11) is 0. The Morgan fingerprint density at radius 2 is 2.36 bits per heavy atom. The number of terminal acetylenes is 1. The van der Waals surface area contributed by atoms with E-state index in [2.05, 4.69) is 27.1 Å². The van der Waals surface area contributed by atoms with Crippen molar-refractivity contribution in [1.29, 1.82) is 0 Å². The van der Waals surface area contributed by atoms with Crippen LogP contribution >= 0.6 is 34.2 Å². The lowest BCUT2D eigenvalue weighted by Crippen LogP contribution is -2.24. The van der Waals surface area contributed by atoms with Crippen molar-refractivity contribution in [2.75, 3.05) is 12.0 Å². The number of nitrogens with two attached hydrogens (primary N) is 1. The second kappa shape index (κ2) is 6.75. The fourth-order valence-corrected chi connectivity index (χ4v) is 4.95. The molecule has 0 aliphatic rings. The van der Waals surface area contributed by atoms with Crippen LogP contribution in [0.3, 0.4) is 0 Å². The molecule has 3 heterocycles. The number of aromatic nitrogens is 1. The van der Waals surface area contributed by atoms with Gasteiger partial charge in [0.1, 0.15) is 17.2 Å². The molecule has 0 saturated carbocycles. The molecule has 0 amide bonds. The fraction of sp³-hybridized carbons (Fsp3) is 0.267. The molecule has 0 radical (unpaired) electrons. The van der Waals surface area contributed by atoms with Crippen LogP contribution in [0.2, 0.25) is 0 Å². The lowest BCUT2D eigenvalue weighted by atomic mass is 10.1. The zero-order valence-corrected chi connectivity index (χ0v) is 14.1. The van der Waals surface area contributed by atoms with Crippen LogP contribution in [0.1, 0.15) is 15.3 Å². The molecule has 3 aromatic heterocycles. The van der Waals surface area contributed by atoms with Crippen molar-refractivity contribution < 1.29 is 4.39 Å². The summed E-state index contributed by atoms with van der Waals surface area (Å²) >= 11 is 4.68. The van der Waals surface area contributed by atoms with Crippen LogP contribution in [0.25, 0.3) is 10.2 Å². The topological polar surface area (TPSA) is 50.9 Å². The normalized spacial score (nSPS) is 12.4. The third kappa shape index (κ3) is 3.01. The maximum absolute atomic E-state index is 12.6. The molecule has 0 spiro atoms. The minimum absolute atomic E-state index is 0.450. The molecule has 0 unspecified atom stereocenters. The summed E-state index contributed by atoms with van der Waals surface area (Å²) in [4.78, 5) is 2.20. The molecule has 3 rings (SSSR count). The van der Waals surface area contributed by atoms with E-state index in [1.807, 2.05) is 6.07 Å². The Bertz CT molecular complexity index is 798. The number of rotatable bonds is 6. The molecule has 0 saturated heterocycles. The Labute approximate surface area is 140 Å². The highest BCUT2D eigenvalue weighted by Gasteiger charge is 2.18.